The van der Waals surface area contributed by atoms with Gasteiger partial charge in [0.05, 0.1) is 17.8 Å². The fourth-order valence-corrected chi connectivity index (χ4v) is 3.12. The number of carbonyl (C=O) groups excluding carboxylic acids is 2. The molecule has 0 aromatic heterocycles. The van der Waals surface area contributed by atoms with Crippen LogP contribution in [0.25, 0.3) is 11.6 Å². The summed E-state index contributed by atoms with van der Waals surface area (Å²) < 4.78 is 24.5. The molecule has 0 bridgehead atoms. The lowest BCUT2D eigenvalue weighted by molar-refractivity contribution is -0.156. The highest BCUT2D eigenvalue weighted by atomic mass is 35.5. The number of hydrogen-bond donors (Lipinski definition) is 1. The lowest BCUT2D eigenvalue weighted by Gasteiger charge is -2.24. The molecule has 0 unspecified atom stereocenters. The van der Waals surface area contributed by atoms with Crippen molar-refractivity contribution in [1.82, 2.24) is 0 Å². The van der Waals surface area contributed by atoms with Gasteiger partial charge in [0.1, 0.15) is 11.6 Å². The van der Waals surface area contributed by atoms with Gasteiger partial charge in [0.2, 0.25) is 0 Å². The number of halogens is 3. The van der Waals surface area contributed by atoms with Gasteiger partial charge in [-0.2, -0.15) is 0 Å². The van der Waals surface area contributed by atoms with Crippen LogP contribution in [0.4, 0.5) is 10.1 Å². The van der Waals surface area contributed by atoms with Crippen molar-refractivity contribution in [2.45, 2.75) is 19.4 Å². The standard InChI is InChI=1S/C20H16Cl2FNO4/c1-20(2,19(26)27-3)28-17-9-15(23)14(22)7-10(17)6-13-12-5-4-11(21)8-16(12)24-18(13)25/h4-9H,1-3H3,(H,24,25)/b13-6-. The van der Waals surface area contributed by atoms with E-state index in [1.807, 2.05) is 0 Å². The van der Waals surface area contributed by atoms with E-state index in [1.54, 1.807) is 18.2 Å². The largest absolute Gasteiger partial charge is 0.475 e. The predicted molar refractivity (Wildman–Crippen MR) is 106 cm³/mol. The molecule has 28 heavy (non-hydrogen) atoms. The minimum absolute atomic E-state index is 0.0417. The zero-order chi connectivity index (χ0) is 20.6. The first kappa shape index (κ1) is 20.2. The second kappa shape index (κ2) is 7.45. The average molecular weight is 424 g/mol. The zero-order valence-electron chi connectivity index (χ0n) is 15.2. The molecule has 1 aliphatic rings. The van der Waals surface area contributed by atoms with Crippen LogP contribution in [0.5, 0.6) is 5.75 Å². The van der Waals surface area contributed by atoms with Crippen LogP contribution in [0.2, 0.25) is 10.0 Å². The van der Waals surface area contributed by atoms with Crippen LogP contribution < -0.4 is 10.1 Å². The molecule has 2 aromatic rings. The molecule has 3 rings (SSSR count). The molecule has 1 amide bonds. The highest BCUT2D eigenvalue weighted by Gasteiger charge is 2.32. The Hall–Kier alpha value is -2.57. The fraction of sp³-hybridized carbons (Fsp3) is 0.200. The van der Waals surface area contributed by atoms with E-state index < -0.39 is 17.4 Å². The SMILES string of the molecule is COC(=O)C(C)(C)Oc1cc(F)c(Cl)cc1/C=C1\C(=O)Nc2cc(Cl)ccc21. The summed E-state index contributed by atoms with van der Waals surface area (Å²) in [5.41, 5.74) is 0.472. The first-order chi connectivity index (χ1) is 13.1. The van der Waals surface area contributed by atoms with E-state index in [2.05, 4.69) is 5.32 Å². The Labute approximate surface area is 171 Å². The van der Waals surface area contributed by atoms with E-state index in [1.165, 1.54) is 33.1 Å². The zero-order valence-corrected chi connectivity index (χ0v) is 16.7. The molecule has 1 N–H and O–H groups in total. The minimum atomic E-state index is -1.38. The van der Waals surface area contributed by atoms with Crippen molar-refractivity contribution >= 4 is 52.4 Å². The summed E-state index contributed by atoms with van der Waals surface area (Å²) in [5.74, 6) is -1.67. The van der Waals surface area contributed by atoms with Gasteiger partial charge < -0.3 is 14.8 Å². The van der Waals surface area contributed by atoms with Crippen LogP contribution >= 0.6 is 23.2 Å². The maximum atomic E-state index is 14.0. The van der Waals surface area contributed by atoms with Crippen molar-refractivity contribution in [2.75, 3.05) is 12.4 Å². The van der Waals surface area contributed by atoms with Crippen molar-refractivity contribution < 1.29 is 23.5 Å². The minimum Gasteiger partial charge on any atom is -0.475 e. The van der Waals surface area contributed by atoms with Gasteiger partial charge in [0.15, 0.2) is 5.60 Å². The number of benzene rings is 2. The molecule has 0 atom stereocenters. The molecular weight excluding hydrogens is 408 g/mol. The summed E-state index contributed by atoms with van der Waals surface area (Å²) in [6, 6.07) is 7.38. The summed E-state index contributed by atoms with van der Waals surface area (Å²) in [5, 5.41) is 3.05. The molecule has 0 spiro atoms. The molecule has 0 aliphatic carbocycles. The summed E-state index contributed by atoms with van der Waals surface area (Å²) >= 11 is 11.9. The summed E-state index contributed by atoms with van der Waals surface area (Å²) in [6.07, 6.45) is 1.52. The van der Waals surface area contributed by atoms with E-state index in [4.69, 9.17) is 32.7 Å². The summed E-state index contributed by atoms with van der Waals surface area (Å²) in [6.45, 7) is 2.98. The highest BCUT2D eigenvalue weighted by Crippen LogP contribution is 2.38. The highest BCUT2D eigenvalue weighted by molar-refractivity contribution is 6.37. The molecule has 2 aromatic carbocycles. The monoisotopic (exact) mass is 423 g/mol. The van der Waals surface area contributed by atoms with Gasteiger partial charge in [0.25, 0.3) is 5.91 Å². The number of fused-ring (bicyclic) bond motifs is 1. The van der Waals surface area contributed by atoms with Crippen LogP contribution in [0.3, 0.4) is 0 Å². The number of hydrogen-bond acceptors (Lipinski definition) is 4. The molecule has 146 valence electrons. The number of ether oxygens (including phenoxy) is 2. The number of esters is 1. The number of nitrogens with one attached hydrogen (secondary N) is 1. The number of methoxy groups -OCH3 is 1. The molecule has 0 saturated carbocycles. The van der Waals surface area contributed by atoms with E-state index in [9.17, 15) is 14.0 Å². The molecule has 5 nitrogen and oxygen atoms in total. The first-order valence-corrected chi connectivity index (χ1v) is 8.97. The molecular formula is C20H16Cl2FNO4. The normalized spacial score (nSPS) is 14.6. The van der Waals surface area contributed by atoms with Crippen LogP contribution in [0.15, 0.2) is 30.3 Å². The Kier molecular flexibility index (Phi) is 5.37. The maximum absolute atomic E-state index is 14.0. The number of amides is 1. The van der Waals surface area contributed by atoms with Gasteiger partial charge in [0, 0.05) is 27.8 Å². The van der Waals surface area contributed by atoms with Gasteiger partial charge in [-0.05, 0) is 38.1 Å². The van der Waals surface area contributed by atoms with E-state index in [-0.39, 0.29) is 16.7 Å². The Morgan fingerprint density at radius 1 is 1.21 bits per heavy atom. The van der Waals surface area contributed by atoms with Crippen molar-refractivity contribution in [1.29, 1.82) is 0 Å². The van der Waals surface area contributed by atoms with Crippen LogP contribution in [0, 0.1) is 5.82 Å². The third-order valence-corrected chi connectivity index (χ3v) is 4.68. The predicted octanol–water partition coefficient (Wildman–Crippen LogP) is 4.96. The molecule has 0 saturated heterocycles. The molecule has 8 heteroatoms. The number of carbonyl (C=O) groups is 2. The van der Waals surface area contributed by atoms with Crippen molar-refractivity contribution in [3.05, 3.63) is 57.3 Å². The smallest absolute Gasteiger partial charge is 0.349 e. The van der Waals surface area contributed by atoms with Gasteiger partial charge in [-0.1, -0.05) is 29.3 Å². The Morgan fingerprint density at radius 3 is 2.61 bits per heavy atom. The van der Waals surface area contributed by atoms with Gasteiger partial charge in [-0.15, -0.1) is 0 Å². The molecule has 0 fully saturated rings. The fourth-order valence-electron chi connectivity index (χ4n) is 2.77. The lowest BCUT2D eigenvalue weighted by atomic mass is 10.0. The maximum Gasteiger partial charge on any atom is 0.349 e. The van der Waals surface area contributed by atoms with Crippen LogP contribution in [-0.4, -0.2) is 24.6 Å². The second-order valence-electron chi connectivity index (χ2n) is 6.61. The van der Waals surface area contributed by atoms with Crippen molar-refractivity contribution in [3.63, 3.8) is 0 Å². The quantitative estimate of drug-likeness (QED) is 0.557. The third kappa shape index (κ3) is 3.84. The Balaban J connectivity index is 2.10. The number of rotatable bonds is 4. The average Bonchev–Trinajstić information content (AvgIpc) is 2.92. The Bertz CT molecular complexity index is 1020. The number of anilines is 1. The van der Waals surface area contributed by atoms with Crippen LogP contribution in [-0.2, 0) is 14.3 Å². The first-order valence-electron chi connectivity index (χ1n) is 8.22. The van der Waals surface area contributed by atoms with Crippen molar-refractivity contribution in [3.8, 4) is 5.75 Å². The van der Waals surface area contributed by atoms with Crippen LogP contribution in [0.1, 0.15) is 25.0 Å². The third-order valence-electron chi connectivity index (χ3n) is 4.16. The molecule has 1 aliphatic heterocycles. The topological polar surface area (TPSA) is 64.6 Å². The van der Waals surface area contributed by atoms with E-state index >= 15 is 0 Å². The van der Waals surface area contributed by atoms with Crippen molar-refractivity contribution in [2.24, 2.45) is 0 Å². The Morgan fingerprint density at radius 2 is 1.93 bits per heavy atom. The van der Waals surface area contributed by atoms with E-state index in [0.717, 1.165) is 6.07 Å². The lowest BCUT2D eigenvalue weighted by Crippen LogP contribution is -2.39. The summed E-state index contributed by atoms with van der Waals surface area (Å²) in [7, 11) is 1.23. The summed E-state index contributed by atoms with van der Waals surface area (Å²) in [4.78, 5) is 24.3. The van der Waals surface area contributed by atoms with Gasteiger partial charge in [-0.3, -0.25) is 4.79 Å². The molecule has 0 radical (unpaired) electrons. The molecule has 1 heterocycles. The van der Waals surface area contributed by atoms with Gasteiger partial charge >= 0.3 is 5.97 Å². The second-order valence-corrected chi connectivity index (χ2v) is 7.45. The van der Waals surface area contributed by atoms with Gasteiger partial charge in [-0.25, -0.2) is 9.18 Å². The van der Waals surface area contributed by atoms with E-state index in [0.29, 0.717) is 27.4 Å².